The molecule has 0 bridgehead atoms. The fraction of sp³-hybridized carbons (Fsp3) is 0.500. The van der Waals surface area contributed by atoms with Crippen LogP contribution in [0, 0.1) is 5.41 Å². The predicted molar refractivity (Wildman–Crippen MR) is 77.8 cm³/mol. The van der Waals surface area contributed by atoms with E-state index in [1.807, 2.05) is 23.0 Å². The first-order chi connectivity index (χ1) is 9.46. The van der Waals surface area contributed by atoms with Gasteiger partial charge in [0, 0.05) is 36.3 Å². The van der Waals surface area contributed by atoms with Gasteiger partial charge < -0.3 is 4.57 Å². The third-order valence-corrected chi connectivity index (χ3v) is 4.10. The Hall–Kier alpha value is -1.84. The lowest BCUT2D eigenvalue weighted by Gasteiger charge is -2.31. The molecule has 1 aliphatic carbocycles. The van der Waals surface area contributed by atoms with Crippen LogP contribution in [0.5, 0.6) is 0 Å². The molecule has 0 spiro atoms. The molecule has 0 aromatic carbocycles. The van der Waals surface area contributed by atoms with E-state index in [-0.39, 0.29) is 11.2 Å². The summed E-state index contributed by atoms with van der Waals surface area (Å²) in [6.07, 6.45) is 7.44. The summed E-state index contributed by atoms with van der Waals surface area (Å²) in [7, 11) is 0. The van der Waals surface area contributed by atoms with Crippen molar-refractivity contribution < 1.29 is 4.79 Å². The van der Waals surface area contributed by atoms with Crippen molar-refractivity contribution in [2.24, 2.45) is 5.41 Å². The van der Waals surface area contributed by atoms with Crippen LogP contribution in [-0.4, -0.2) is 20.1 Å². The van der Waals surface area contributed by atoms with Crippen LogP contribution in [0.15, 0.2) is 30.7 Å². The lowest BCUT2D eigenvalue weighted by Crippen LogP contribution is -2.29. The summed E-state index contributed by atoms with van der Waals surface area (Å²) >= 11 is 0. The molecule has 0 N–H and O–H groups in total. The molecule has 1 unspecified atom stereocenters. The van der Waals surface area contributed by atoms with Crippen molar-refractivity contribution in [3.63, 3.8) is 0 Å². The van der Waals surface area contributed by atoms with Crippen LogP contribution in [0.3, 0.4) is 0 Å². The van der Waals surface area contributed by atoms with Crippen LogP contribution in [0.1, 0.15) is 49.3 Å². The topological polar surface area (TPSA) is 39.8 Å². The number of carbonyl (C=O) groups excluding carboxylic acids is 1. The minimum Gasteiger partial charge on any atom is -0.346 e. The van der Waals surface area contributed by atoms with Gasteiger partial charge in [0.2, 0.25) is 0 Å². The number of hydrogen-bond acceptors (Lipinski definition) is 2. The number of rotatable bonds is 3. The second-order valence-electron chi connectivity index (χ2n) is 6.60. The second-order valence-corrected chi connectivity index (χ2v) is 6.60. The molecule has 2 aromatic heterocycles. The van der Waals surface area contributed by atoms with Crippen LogP contribution >= 0.6 is 0 Å². The molecule has 0 saturated heterocycles. The van der Waals surface area contributed by atoms with Gasteiger partial charge in [0.1, 0.15) is 0 Å². The Balaban J connectivity index is 1.90. The minimum absolute atomic E-state index is 0.0611. The fourth-order valence-corrected chi connectivity index (χ4v) is 3.15. The molecule has 4 heteroatoms. The molecular formula is C16H21N3O. The van der Waals surface area contributed by atoms with Gasteiger partial charge in [-0.1, -0.05) is 13.8 Å². The maximum Gasteiger partial charge on any atom is 0.165 e. The molecule has 0 aliphatic heterocycles. The zero-order valence-corrected chi connectivity index (χ0v) is 12.3. The Kier molecular flexibility index (Phi) is 3.04. The Bertz CT molecular complexity index is 622. The lowest BCUT2D eigenvalue weighted by atomic mass is 9.76. The Morgan fingerprint density at radius 3 is 2.85 bits per heavy atom. The van der Waals surface area contributed by atoms with E-state index in [1.54, 1.807) is 6.20 Å². The van der Waals surface area contributed by atoms with E-state index >= 15 is 0 Å². The Morgan fingerprint density at radius 1 is 1.35 bits per heavy atom. The molecule has 0 radical (unpaired) electrons. The summed E-state index contributed by atoms with van der Waals surface area (Å²) in [5.41, 5.74) is 2.16. The van der Waals surface area contributed by atoms with Gasteiger partial charge in [-0.2, -0.15) is 5.10 Å². The number of carbonyl (C=O) groups is 1. The van der Waals surface area contributed by atoms with Gasteiger partial charge in [-0.15, -0.1) is 0 Å². The van der Waals surface area contributed by atoms with E-state index in [9.17, 15) is 4.79 Å². The average Bonchev–Trinajstić information content (AvgIpc) is 2.96. The Morgan fingerprint density at radius 2 is 2.15 bits per heavy atom. The van der Waals surface area contributed by atoms with Crippen LogP contribution in [0.2, 0.25) is 0 Å². The van der Waals surface area contributed by atoms with E-state index in [2.05, 4.69) is 36.6 Å². The number of fused-ring (bicyclic) bond motifs is 1. The SMILES string of the molecule is CC(Cn1cccn1)n1ccc2c1CC(C)(C)CC2=O. The summed E-state index contributed by atoms with van der Waals surface area (Å²) < 4.78 is 4.18. The highest BCUT2D eigenvalue weighted by atomic mass is 16.1. The molecule has 106 valence electrons. The number of hydrogen-bond donors (Lipinski definition) is 0. The smallest absolute Gasteiger partial charge is 0.165 e. The van der Waals surface area contributed by atoms with Crippen LogP contribution in [0.25, 0.3) is 0 Å². The van der Waals surface area contributed by atoms with Gasteiger partial charge in [-0.3, -0.25) is 9.48 Å². The molecule has 2 heterocycles. The van der Waals surface area contributed by atoms with Crippen molar-refractivity contribution in [2.45, 2.75) is 46.2 Å². The summed E-state index contributed by atoms with van der Waals surface area (Å²) in [6.45, 7) is 7.34. The van der Waals surface area contributed by atoms with Crippen molar-refractivity contribution in [3.8, 4) is 0 Å². The highest BCUT2D eigenvalue weighted by Gasteiger charge is 2.33. The van der Waals surface area contributed by atoms with Crippen molar-refractivity contribution in [3.05, 3.63) is 42.0 Å². The summed E-state index contributed by atoms with van der Waals surface area (Å²) in [5, 5.41) is 4.26. The molecule has 1 atom stereocenters. The predicted octanol–water partition coefficient (Wildman–Crippen LogP) is 3.10. The molecule has 0 amide bonds. The number of nitrogens with zero attached hydrogens (tertiary/aromatic N) is 3. The van der Waals surface area contributed by atoms with Crippen LogP contribution in [-0.2, 0) is 13.0 Å². The zero-order valence-electron chi connectivity index (χ0n) is 12.3. The van der Waals surface area contributed by atoms with Crippen LogP contribution in [0.4, 0.5) is 0 Å². The molecular weight excluding hydrogens is 250 g/mol. The third-order valence-electron chi connectivity index (χ3n) is 4.10. The van der Waals surface area contributed by atoms with Gasteiger partial charge in [0.25, 0.3) is 0 Å². The summed E-state index contributed by atoms with van der Waals surface area (Å²) in [4.78, 5) is 12.2. The molecule has 1 aliphatic rings. The van der Waals surface area contributed by atoms with E-state index < -0.39 is 0 Å². The van der Waals surface area contributed by atoms with Gasteiger partial charge in [0.15, 0.2) is 5.78 Å². The molecule has 2 aromatic rings. The first-order valence-electron chi connectivity index (χ1n) is 7.17. The first-order valence-corrected chi connectivity index (χ1v) is 7.17. The van der Waals surface area contributed by atoms with E-state index in [4.69, 9.17) is 0 Å². The molecule has 4 nitrogen and oxygen atoms in total. The minimum atomic E-state index is 0.0611. The highest BCUT2D eigenvalue weighted by Crippen LogP contribution is 2.36. The third kappa shape index (κ3) is 2.30. The molecule has 0 fully saturated rings. The maximum atomic E-state index is 12.2. The zero-order chi connectivity index (χ0) is 14.3. The Labute approximate surface area is 119 Å². The average molecular weight is 271 g/mol. The number of ketones is 1. The van der Waals surface area contributed by atoms with E-state index in [0.717, 1.165) is 18.5 Å². The molecule has 3 rings (SSSR count). The maximum absolute atomic E-state index is 12.2. The highest BCUT2D eigenvalue weighted by molar-refractivity contribution is 5.98. The standard InChI is InChI=1S/C16H21N3O/c1-12(11-18-7-4-6-17-18)19-8-5-13-14(19)9-16(2,3)10-15(13)20/h4-8,12H,9-11H2,1-3H3. The van der Waals surface area contributed by atoms with Gasteiger partial charge >= 0.3 is 0 Å². The largest absolute Gasteiger partial charge is 0.346 e. The fourth-order valence-electron chi connectivity index (χ4n) is 3.15. The number of Topliss-reactive ketones (excluding diaryl/α,β-unsaturated/α-hetero) is 1. The molecule has 20 heavy (non-hydrogen) atoms. The molecule has 0 saturated carbocycles. The number of aromatic nitrogens is 3. The van der Waals surface area contributed by atoms with Crippen molar-refractivity contribution in [2.75, 3.05) is 0 Å². The summed E-state index contributed by atoms with van der Waals surface area (Å²) in [6, 6.07) is 4.21. The lowest BCUT2D eigenvalue weighted by molar-refractivity contribution is 0.0909. The second kappa shape index (κ2) is 4.62. The van der Waals surface area contributed by atoms with Crippen molar-refractivity contribution >= 4 is 5.78 Å². The van der Waals surface area contributed by atoms with Gasteiger partial charge in [-0.05, 0) is 30.9 Å². The quantitative estimate of drug-likeness (QED) is 0.860. The van der Waals surface area contributed by atoms with Crippen molar-refractivity contribution in [1.82, 2.24) is 14.3 Å². The summed E-state index contributed by atoms with van der Waals surface area (Å²) in [5.74, 6) is 0.279. The monoisotopic (exact) mass is 271 g/mol. The van der Waals surface area contributed by atoms with E-state index in [0.29, 0.717) is 12.5 Å². The van der Waals surface area contributed by atoms with Gasteiger partial charge in [0.05, 0.1) is 12.6 Å². The van der Waals surface area contributed by atoms with Gasteiger partial charge in [-0.25, -0.2) is 0 Å². The van der Waals surface area contributed by atoms with Crippen LogP contribution < -0.4 is 0 Å². The van der Waals surface area contributed by atoms with E-state index in [1.165, 1.54) is 5.69 Å². The van der Waals surface area contributed by atoms with Crippen molar-refractivity contribution in [1.29, 1.82) is 0 Å². The first kappa shape index (κ1) is 13.2. The normalized spacial score (nSPS) is 18.9.